The van der Waals surface area contributed by atoms with Crippen LogP contribution in [0.15, 0.2) is 307 Å². The average Bonchev–Trinajstić information content (AvgIpc) is 0.783. The second-order valence-corrected chi connectivity index (χ2v) is 40.3. The summed E-state index contributed by atoms with van der Waals surface area (Å²) in [5, 5.41) is 24.4. The molecule has 0 radical (unpaired) electrons. The van der Waals surface area contributed by atoms with E-state index in [1.54, 1.807) is 48.5 Å². The molecule has 11 aromatic carbocycles. The van der Waals surface area contributed by atoms with Gasteiger partial charge in [-0.1, -0.05) is 260 Å². The number of aromatic amines is 2. The van der Waals surface area contributed by atoms with Crippen LogP contribution in [0.4, 0.5) is 28.7 Å². The van der Waals surface area contributed by atoms with Crippen LogP contribution in [0.25, 0.3) is 22.5 Å². The molecule has 15 aromatic rings. The number of anilines is 5. The number of carbonyl (C=O) groups excluding carboxylic acids is 2. The number of carbonyl (C=O) groups is 2. The highest BCUT2D eigenvalue weighted by atomic mass is 36.0. The molecule has 0 saturated heterocycles. The number of para-hydroxylation sites is 2. The number of fused-ring (bicyclic) bond motifs is 4. The van der Waals surface area contributed by atoms with E-state index in [0.29, 0.717) is 57.2 Å². The number of hydrogen-bond acceptors (Lipinski definition) is 19. The van der Waals surface area contributed by atoms with Crippen LogP contribution < -0.4 is 38.4 Å². The minimum Gasteiger partial charge on any atom is -0.423 e. The van der Waals surface area contributed by atoms with Gasteiger partial charge in [0.1, 0.15) is 5.15 Å². The maximum Gasteiger partial charge on any atom is 0.488 e. The molecule has 4 aliphatic rings. The van der Waals surface area contributed by atoms with Gasteiger partial charge in [0.05, 0.1) is 28.5 Å². The van der Waals surface area contributed by atoms with Crippen LogP contribution >= 0.6 is 73.7 Å². The Hall–Kier alpha value is -12.3. The van der Waals surface area contributed by atoms with E-state index in [1.165, 1.54) is 33.4 Å². The van der Waals surface area contributed by atoms with E-state index in [0.717, 1.165) is 181 Å². The SMILES string of the molecule is Cc1cccc(C)c1NC(=O)c1ccc(N)cc1.Cc1cccc(C)c1NC(=O)c1ccc(Nc2nc3c(c(-c4ccccc4)n2)CCN(Cc2ccccc2)C3)cc1.Clc1nc(Cl)c2c(n1)CN(Cc1ccccc1)CC2.Clc1nc2c(c(-c3ccccc3)n1)CCN(Cc1ccccc1)C2.O=P(Cl)(Cl)Cl.O=c1[nH]c2c(c(=O)[nH]1)CCN(Cc1ccccc1)C2.OB(O)c1ccccc1. The molecule has 2 amide bonds. The molecule has 690 valence electrons. The molecular formula is C104H102BCl6N16O7P. The highest BCUT2D eigenvalue weighted by Gasteiger charge is 2.28. The first kappa shape index (κ1) is 100. The number of aryl methyl sites for hydroxylation is 4. The standard InChI is InChI=1S/C35H33N5O.C20H18ClN3.C15H16N2O.C14H13Cl2N3.C14H15N3O2.C6H7BO2.Cl3OP/c1-24-10-9-11-25(2)32(24)38-34(41)28-16-18-29(19-17-28)36-35-37-31-23-40(22-26-12-5-3-6-13-26)21-20-30(31)33(39-35)27-14-7-4-8-15-27;21-20-22-18-14-24(13-15-7-3-1-4-8-15)12-11-17(18)19(23-20)16-9-5-2-6-10-16;1-10-4-3-5-11(2)14(10)17-15(18)12-6-8-13(16)9-7-12;15-13-11-6-7-19(8-10-4-2-1-3-5-10)9-12(11)17-14(16)18-13;18-13-11-6-7-17(8-10-4-2-1-3-5-10)9-12(11)15-14(19)16-13;8-7(9)6-4-2-1-3-5-6;1-5(2,3)4/h3-19H,20-23H2,1-2H3,(H,38,41)(H,36,37,39);1-10H,11-14H2;3-9H,16H2,1-2H3,(H,17,18);1-5H,6-9H2;1-5H,6-9H2,(H2,15,16,18,19);1-5,8-9H;. The number of halogens is 6. The Labute approximate surface area is 815 Å². The molecule has 0 atom stereocenters. The molecule has 23 nitrogen and oxygen atoms in total. The number of nitrogens with one attached hydrogen (secondary N) is 5. The van der Waals surface area contributed by atoms with Crippen molar-refractivity contribution in [1.82, 2.24) is 59.5 Å². The Balaban J connectivity index is 0.000000143. The van der Waals surface area contributed by atoms with Crippen LogP contribution in [0, 0.1) is 27.7 Å². The largest absolute Gasteiger partial charge is 0.488 e. The summed E-state index contributed by atoms with van der Waals surface area (Å²) in [6.07, 6.45) is 3.40. The molecule has 19 rings (SSSR count). The first-order chi connectivity index (χ1) is 65.1. The van der Waals surface area contributed by atoms with Crippen molar-refractivity contribution in [2.24, 2.45) is 0 Å². The zero-order valence-corrected chi connectivity index (χ0v) is 80.3. The number of amides is 2. The average molecular weight is 1940 g/mol. The molecular weight excluding hydrogens is 1840 g/mol. The molecule has 8 heterocycles. The molecule has 31 heteroatoms. The summed E-state index contributed by atoms with van der Waals surface area (Å²) < 4.78 is 9.51. The van der Waals surface area contributed by atoms with Gasteiger partial charge in [-0.2, -0.15) is 0 Å². The lowest BCUT2D eigenvalue weighted by Crippen LogP contribution is -2.38. The summed E-state index contributed by atoms with van der Waals surface area (Å²) in [5.74, 6) is 0.299. The van der Waals surface area contributed by atoms with Crippen molar-refractivity contribution < 1.29 is 24.2 Å². The van der Waals surface area contributed by atoms with Crippen LogP contribution in [0.3, 0.4) is 0 Å². The van der Waals surface area contributed by atoms with Crippen LogP contribution in [0.2, 0.25) is 15.7 Å². The molecule has 0 spiro atoms. The molecule has 0 bridgehead atoms. The summed E-state index contributed by atoms with van der Waals surface area (Å²) >= 11 is 32.0. The second kappa shape index (κ2) is 49.3. The first-order valence-corrected chi connectivity index (χ1v) is 49.4. The van der Waals surface area contributed by atoms with Gasteiger partial charge < -0.3 is 36.7 Å². The number of hydrogen-bond donors (Lipinski definition) is 8. The number of nitrogens with two attached hydrogens (primary N) is 1. The highest BCUT2D eigenvalue weighted by molar-refractivity contribution is 8.24. The van der Waals surface area contributed by atoms with E-state index in [1.807, 2.05) is 161 Å². The van der Waals surface area contributed by atoms with Crippen LogP contribution in [-0.2, 0) is 82.6 Å². The van der Waals surface area contributed by atoms with Crippen molar-refractivity contribution in [3.8, 4) is 22.5 Å². The van der Waals surface area contributed by atoms with E-state index in [9.17, 15) is 23.7 Å². The van der Waals surface area contributed by atoms with Gasteiger partial charge in [0.25, 0.3) is 17.4 Å². The highest BCUT2D eigenvalue weighted by Crippen LogP contribution is 2.61. The number of nitrogen functional groups attached to an aromatic ring is 1. The Kier molecular flexibility index (Phi) is 36.5. The number of H-pyrrole nitrogens is 2. The minimum atomic E-state index is -3.22. The van der Waals surface area contributed by atoms with Crippen LogP contribution in [0.5, 0.6) is 0 Å². The number of rotatable bonds is 17. The quantitative estimate of drug-likeness (QED) is 0.0138. The molecule has 0 aliphatic carbocycles. The van der Waals surface area contributed by atoms with Crippen LogP contribution in [-0.4, -0.2) is 115 Å². The molecule has 0 unspecified atom stereocenters. The minimum absolute atomic E-state index is 0.118. The Morgan fingerprint density at radius 3 is 1.15 bits per heavy atom. The van der Waals surface area contributed by atoms with Crippen molar-refractivity contribution in [3.05, 3.63) is 434 Å². The third-order valence-electron chi connectivity index (χ3n) is 22.7. The smallest absolute Gasteiger partial charge is 0.423 e. The fourth-order valence-corrected chi connectivity index (χ4v) is 16.7. The van der Waals surface area contributed by atoms with E-state index in [2.05, 4.69) is 214 Å². The first-order valence-electron chi connectivity index (χ1n) is 43.9. The zero-order valence-electron chi connectivity index (χ0n) is 74.9. The van der Waals surface area contributed by atoms with E-state index >= 15 is 0 Å². The lowest BCUT2D eigenvalue weighted by molar-refractivity contribution is 0.101. The molecule has 0 fully saturated rings. The Morgan fingerprint density at radius 2 is 0.748 bits per heavy atom. The van der Waals surface area contributed by atoms with E-state index < -0.39 is 18.0 Å². The lowest BCUT2D eigenvalue weighted by Gasteiger charge is -2.29. The van der Waals surface area contributed by atoms with Gasteiger partial charge in [0.15, 0.2) is 0 Å². The van der Waals surface area contributed by atoms with Crippen molar-refractivity contribution in [2.75, 3.05) is 47.9 Å². The Bertz CT molecular complexity index is 6590. The maximum absolute atomic E-state index is 13.0. The fraction of sp³-hybridized carbons (Fsp3) is 0.192. The summed E-state index contributed by atoms with van der Waals surface area (Å²) in [6.45, 7) is 18.2. The monoisotopic (exact) mass is 1940 g/mol. The summed E-state index contributed by atoms with van der Waals surface area (Å²) in [7, 11) is -1.34. The third kappa shape index (κ3) is 30.3. The number of aromatic nitrogens is 8. The molecule has 4 aromatic heterocycles. The molecule has 9 N–H and O–H groups in total. The zero-order chi connectivity index (χ0) is 95.3. The van der Waals surface area contributed by atoms with Gasteiger partial charge in [-0.05, 0) is 209 Å². The predicted molar refractivity (Wildman–Crippen MR) is 546 cm³/mol. The van der Waals surface area contributed by atoms with Gasteiger partial charge in [-0.25, -0.2) is 34.7 Å². The fourth-order valence-electron chi connectivity index (χ4n) is 16.0. The molecule has 4 aliphatic heterocycles. The van der Waals surface area contributed by atoms with Crippen molar-refractivity contribution in [1.29, 1.82) is 0 Å². The summed E-state index contributed by atoms with van der Waals surface area (Å²) in [5.41, 5.74) is 31.3. The van der Waals surface area contributed by atoms with E-state index in [-0.39, 0.29) is 22.7 Å². The maximum atomic E-state index is 13.0. The lowest BCUT2D eigenvalue weighted by atomic mass is 9.81. The van der Waals surface area contributed by atoms with Gasteiger partial charge in [0, 0.05) is 151 Å². The van der Waals surface area contributed by atoms with Gasteiger partial charge in [0.2, 0.25) is 16.5 Å². The van der Waals surface area contributed by atoms with Gasteiger partial charge in [-0.15, -0.1) is 0 Å². The van der Waals surface area contributed by atoms with Gasteiger partial charge >= 0.3 is 18.0 Å². The predicted octanol–water partition coefficient (Wildman–Crippen LogP) is 20.9. The number of benzene rings is 11. The van der Waals surface area contributed by atoms with Crippen molar-refractivity contribution in [3.63, 3.8) is 0 Å². The van der Waals surface area contributed by atoms with Crippen molar-refractivity contribution in [2.45, 2.75) is 106 Å². The van der Waals surface area contributed by atoms with Crippen molar-refractivity contribution >= 4 is 127 Å². The summed E-state index contributed by atoms with van der Waals surface area (Å²) in [4.78, 5) is 89.7. The van der Waals surface area contributed by atoms with Gasteiger partial charge in [-0.3, -0.25) is 43.5 Å². The normalized spacial score (nSPS) is 13.2. The third-order valence-corrected chi connectivity index (χ3v) is 23.4. The number of nitrogens with zero attached hydrogens (tertiary/aromatic N) is 10. The van der Waals surface area contributed by atoms with E-state index in [4.69, 9.17) is 60.6 Å². The topological polar surface area (TPSA) is 310 Å². The molecule has 135 heavy (non-hydrogen) atoms. The Morgan fingerprint density at radius 1 is 0.407 bits per heavy atom. The van der Waals surface area contributed by atoms with Crippen LogP contribution in [0.1, 0.15) is 110 Å². The molecule has 0 saturated carbocycles. The summed E-state index contributed by atoms with van der Waals surface area (Å²) in [6, 6.07) is 97.2. The second-order valence-electron chi connectivity index (χ2n) is 32.6.